The van der Waals surface area contributed by atoms with E-state index in [1.54, 1.807) is 11.0 Å². The number of rotatable bonds is 4. The number of amides is 2. The number of nitrogens with one attached hydrogen (secondary N) is 1. The smallest absolute Gasteiger partial charge is 0.335 e. The summed E-state index contributed by atoms with van der Waals surface area (Å²) in [4.78, 5) is 24.2. The minimum atomic E-state index is -4.53. The fraction of sp³-hybridized carbons (Fsp3) is 0.650. The first-order valence-electron chi connectivity index (χ1n) is 10.6. The van der Waals surface area contributed by atoms with Gasteiger partial charge in [-0.2, -0.15) is 13.2 Å². The molecule has 1 saturated carbocycles. The van der Waals surface area contributed by atoms with E-state index < -0.39 is 12.0 Å². The van der Waals surface area contributed by atoms with Crippen molar-refractivity contribution in [3.05, 3.63) is 24.2 Å². The lowest BCUT2D eigenvalue weighted by Crippen LogP contribution is -2.54. The van der Waals surface area contributed by atoms with Crippen LogP contribution in [0.15, 0.2) is 18.3 Å². The van der Waals surface area contributed by atoms with Crippen LogP contribution in [0.4, 0.5) is 18.0 Å². The van der Waals surface area contributed by atoms with Gasteiger partial charge >= 0.3 is 12.2 Å². The second-order valence-corrected chi connectivity index (χ2v) is 8.04. The number of carbonyl (C=O) groups is 1. The Bertz CT molecular complexity index is 869. The molecule has 0 radical (unpaired) electrons. The number of fused-ring (bicyclic) bond motifs is 1. The number of aromatic nitrogens is 3. The first-order chi connectivity index (χ1) is 14.4. The van der Waals surface area contributed by atoms with Crippen molar-refractivity contribution in [2.45, 2.75) is 50.9 Å². The predicted octanol–water partition coefficient (Wildman–Crippen LogP) is 3.11. The molecule has 30 heavy (non-hydrogen) atoms. The van der Waals surface area contributed by atoms with Crippen LogP contribution in [-0.4, -0.2) is 69.1 Å². The third-order valence-corrected chi connectivity index (χ3v) is 5.99. The molecule has 1 N–H and O–H groups in total. The molecule has 0 aromatic carbocycles. The molecule has 164 valence electrons. The molecule has 2 aromatic heterocycles. The van der Waals surface area contributed by atoms with Gasteiger partial charge in [-0.1, -0.05) is 19.3 Å². The molecular weight excluding hydrogens is 397 g/mol. The van der Waals surface area contributed by atoms with Gasteiger partial charge in [-0.25, -0.2) is 14.8 Å². The highest BCUT2D eigenvalue weighted by molar-refractivity contribution is 5.74. The molecule has 10 heteroatoms. The highest BCUT2D eigenvalue weighted by Crippen LogP contribution is 2.30. The molecule has 2 aliphatic rings. The molecule has 3 heterocycles. The Hall–Kier alpha value is -2.36. The van der Waals surface area contributed by atoms with E-state index in [1.807, 2.05) is 0 Å². The molecular formula is C20H27F3N6O. The van der Waals surface area contributed by atoms with E-state index in [-0.39, 0.29) is 29.8 Å². The molecule has 4 rings (SSSR count). The van der Waals surface area contributed by atoms with Crippen molar-refractivity contribution in [2.24, 2.45) is 0 Å². The van der Waals surface area contributed by atoms with E-state index >= 15 is 0 Å². The summed E-state index contributed by atoms with van der Waals surface area (Å²) in [6, 6.07) is 3.37. The first kappa shape index (κ1) is 20.9. The van der Waals surface area contributed by atoms with E-state index in [1.165, 1.54) is 18.7 Å². The van der Waals surface area contributed by atoms with Crippen molar-refractivity contribution in [3.63, 3.8) is 0 Å². The number of piperazine rings is 1. The zero-order valence-corrected chi connectivity index (χ0v) is 16.9. The van der Waals surface area contributed by atoms with Gasteiger partial charge in [-0.3, -0.25) is 4.90 Å². The predicted molar refractivity (Wildman–Crippen MR) is 106 cm³/mol. The van der Waals surface area contributed by atoms with Crippen molar-refractivity contribution >= 4 is 17.2 Å². The van der Waals surface area contributed by atoms with Crippen molar-refractivity contribution in [1.82, 2.24) is 29.7 Å². The van der Waals surface area contributed by atoms with Crippen molar-refractivity contribution in [1.29, 1.82) is 0 Å². The van der Waals surface area contributed by atoms with Crippen molar-refractivity contribution in [3.8, 4) is 0 Å². The average molecular weight is 424 g/mol. The SMILES string of the molecule is O=C(NC1CCCCC1)N1CCN(CCn2c(C(F)(F)F)nc3cccnc32)CC1. The van der Waals surface area contributed by atoms with Gasteiger partial charge in [0.1, 0.15) is 5.52 Å². The fourth-order valence-electron chi connectivity index (χ4n) is 4.32. The van der Waals surface area contributed by atoms with Crippen LogP contribution < -0.4 is 5.32 Å². The van der Waals surface area contributed by atoms with Gasteiger partial charge in [-0.05, 0) is 25.0 Å². The first-order valence-corrected chi connectivity index (χ1v) is 10.6. The molecule has 2 fully saturated rings. The van der Waals surface area contributed by atoms with Crippen LogP contribution in [0.25, 0.3) is 11.2 Å². The topological polar surface area (TPSA) is 66.3 Å². The number of imidazole rings is 1. The fourth-order valence-corrected chi connectivity index (χ4v) is 4.32. The summed E-state index contributed by atoms with van der Waals surface area (Å²) in [7, 11) is 0. The molecule has 0 atom stereocenters. The van der Waals surface area contributed by atoms with Gasteiger partial charge < -0.3 is 14.8 Å². The van der Waals surface area contributed by atoms with E-state index in [0.29, 0.717) is 32.7 Å². The molecule has 2 aromatic rings. The van der Waals surface area contributed by atoms with Crippen molar-refractivity contribution in [2.75, 3.05) is 32.7 Å². The minimum Gasteiger partial charge on any atom is -0.335 e. The van der Waals surface area contributed by atoms with Gasteiger partial charge in [0.25, 0.3) is 0 Å². The van der Waals surface area contributed by atoms with Gasteiger partial charge in [0, 0.05) is 51.5 Å². The Morgan fingerprint density at radius 2 is 1.83 bits per heavy atom. The molecule has 0 unspecified atom stereocenters. The van der Waals surface area contributed by atoms with Crippen LogP contribution in [0, 0.1) is 0 Å². The van der Waals surface area contributed by atoms with Gasteiger partial charge in [-0.15, -0.1) is 0 Å². The Morgan fingerprint density at radius 1 is 1.10 bits per heavy atom. The molecule has 1 aliphatic carbocycles. The van der Waals surface area contributed by atoms with Gasteiger partial charge in [0.2, 0.25) is 5.82 Å². The van der Waals surface area contributed by atoms with Crippen LogP contribution in [0.2, 0.25) is 0 Å². The molecule has 0 bridgehead atoms. The highest BCUT2D eigenvalue weighted by Gasteiger charge is 2.38. The summed E-state index contributed by atoms with van der Waals surface area (Å²) >= 11 is 0. The number of nitrogens with zero attached hydrogens (tertiary/aromatic N) is 5. The van der Waals surface area contributed by atoms with E-state index in [0.717, 1.165) is 30.3 Å². The lowest BCUT2D eigenvalue weighted by molar-refractivity contribution is -0.147. The van der Waals surface area contributed by atoms with E-state index in [4.69, 9.17) is 0 Å². The number of urea groups is 1. The lowest BCUT2D eigenvalue weighted by Gasteiger charge is -2.36. The molecule has 1 saturated heterocycles. The molecule has 2 amide bonds. The number of hydrogen-bond acceptors (Lipinski definition) is 4. The molecule has 1 aliphatic heterocycles. The minimum absolute atomic E-state index is 0.0225. The van der Waals surface area contributed by atoms with Crippen molar-refractivity contribution < 1.29 is 18.0 Å². The van der Waals surface area contributed by atoms with Crippen LogP contribution in [0.1, 0.15) is 37.9 Å². The summed E-state index contributed by atoms with van der Waals surface area (Å²) in [5.74, 6) is -0.915. The number of halogens is 3. The second kappa shape index (κ2) is 8.79. The summed E-state index contributed by atoms with van der Waals surface area (Å²) < 4.78 is 41.4. The Balaban J connectivity index is 1.32. The highest BCUT2D eigenvalue weighted by atomic mass is 19.4. The second-order valence-electron chi connectivity index (χ2n) is 8.04. The summed E-state index contributed by atoms with van der Waals surface area (Å²) in [6.07, 6.45) is 2.59. The maximum absolute atomic E-state index is 13.4. The number of pyridine rings is 1. The number of carbonyl (C=O) groups excluding carboxylic acids is 1. The average Bonchev–Trinajstić information content (AvgIpc) is 3.12. The zero-order valence-electron chi connectivity index (χ0n) is 16.9. The largest absolute Gasteiger partial charge is 0.449 e. The Kier molecular flexibility index (Phi) is 6.12. The third kappa shape index (κ3) is 4.69. The van der Waals surface area contributed by atoms with Crippen LogP contribution in [0.5, 0.6) is 0 Å². The lowest BCUT2D eigenvalue weighted by atomic mass is 9.96. The van der Waals surface area contributed by atoms with Gasteiger partial charge in [0.05, 0.1) is 0 Å². The quantitative estimate of drug-likeness (QED) is 0.819. The van der Waals surface area contributed by atoms with Crippen LogP contribution >= 0.6 is 0 Å². The third-order valence-electron chi connectivity index (χ3n) is 5.99. The number of alkyl halides is 3. The Labute approximate surface area is 173 Å². The monoisotopic (exact) mass is 424 g/mol. The molecule has 0 spiro atoms. The maximum Gasteiger partial charge on any atom is 0.449 e. The van der Waals surface area contributed by atoms with Crippen LogP contribution in [0.3, 0.4) is 0 Å². The summed E-state index contributed by atoms with van der Waals surface area (Å²) in [6.45, 7) is 3.03. The van der Waals surface area contributed by atoms with Gasteiger partial charge in [0.15, 0.2) is 5.65 Å². The number of hydrogen-bond donors (Lipinski definition) is 1. The molecule has 7 nitrogen and oxygen atoms in total. The van der Waals surface area contributed by atoms with Crippen LogP contribution in [-0.2, 0) is 12.7 Å². The summed E-state index contributed by atoms with van der Waals surface area (Å²) in [5, 5.41) is 3.12. The zero-order chi connectivity index (χ0) is 21.1. The van der Waals surface area contributed by atoms with E-state index in [9.17, 15) is 18.0 Å². The Morgan fingerprint density at radius 3 is 2.53 bits per heavy atom. The standard InChI is InChI=1S/C20H27F3N6O/c21-20(22,23)18-26-16-7-4-8-24-17(16)29(18)14-11-27-9-12-28(13-10-27)19(30)25-15-5-2-1-3-6-15/h4,7-8,15H,1-3,5-6,9-14H2,(H,25,30). The normalized spacial score (nSPS) is 19.4. The maximum atomic E-state index is 13.4. The van der Waals surface area contributed by atoms with E-state index in [2.05, 4.69) is 20.2 Å². The summed E-state index contributed by atoms with van der Waals surface area (Å²) in [5.41, 5.74) is 0.490.